The fourth-order valence-corrected chi connectivity index (χ4v) is 8.38. The Labute approximate surface area is 289 Å². The number of hydrogen-bond donors (Lipinski definition) is 0. The van der Waals surface area contributed by atoms with Crippen molar-refractivity contribution in [3.8, 4) is 0 Å². The van der Waals surface area contributed by atoms with Crippen molar-refractivity contribution in [2.45, 2.75) is 96.6 Å². The second-order valence-electron chi connectivity index (χ2n) is 13.6. The molecular formula is C37H42O13. The van der Waals surface area contributed by atoms with E-state index in [1.807, 2.05) is 0 Å². The molecule has 13 nitrogen and oxygen atoms in total. The maximum atomic E-state index is 14.0. The van der Waals surface area contributed by atoms with Gasteiger partial charge in [0.25, 0.3) is 0 Å². The molecule has 2 aromatic carbocycles. The lowest BCUT2D eigenvalue weighted by Crippen LogP contribution is -2.81. The molecular weight excluding hydrogens is 652 g/mol. The number of benzene rings is 2. The van der Waals surface area contributed by atoms with E-state index in [2.05, 4.69) is 0 Å². The lowest BCUT2D eigenvalue weighted by Gasteiger charge is -2.64. The SMILES string of the molecule is CC(=O)OC[C@]12[C@H](OC(C)=O)[C@H](OC(=O)c3ccccc3)[C@@H]3[C@@H](OC(C)=O)[C@]1(OC3(C)C)[C@H](C)C[C@H](OC(C)=O)[C@@H]2OC(=O)c1ccccc1. The normalized spacial score (nSPS) is 32.0. The minimum atomic E-state index is -2.02. The van der Waals surface area contributed by atoms with Crippen molar-refractivity contribution >= 4 is 35.8 Å². The molecule has 9 atom stereocenters. The Morgan fingerprint density at radius 1 is 0.660 bits per heavy atom. The third-order valence-electron chi connectivity index (χ3n) is 9.95. The first-order valence-electron chi connectivity index (χ1n) is 16.4. The van der Waals surface area contributed by atoms with E-state index in [4.69, 9.17) is 33.2 Å². The lowest BCUT2D eigenvalue weighted by atomic mass is 9.47. The second kappa shape index (κ2) is 13.9. The van der Waals surface area contributed by atoms with E-state index in [9.17, 15) is 28.8 Å². The van der Waals surface area contributed by atoms with Gasteiger partial charge in [-0.05, 0) is 50.5 Å². The van der Waals surface area contributed by atoms with Crippen molar-refractivity contribution in [3.05, 3.63) is 71.8 Å². The molecule has 268 valence electrons. The van der Waals surface area contributed by atoms with Crippen LogP contribution in [0.2, 0.25) is 0 Å². The number of carbonyl (C=O) groups is 6. The van der Waals surface area contributed by atoms with Gasteiger partial charge < -0.3 is 33.2 Å². The monoisotopic (exact) mass is 694 g/mol. The summed E-state index contributed by atoms with van der Waals surface area (Å²) in [5.41, 5.74) is -4.72. The molecule has 2 aromatic rings. The Kier molecular flexibility index (Phi) is 10.1. The summed E-state index contributed by atoms with van der Waals surface area (Å²) in [6.07, 6.45) is -7.03. The van der Waals surface area contributed by atoms with Crippen LogP contribution in [-0.4, -0.2) is 84.1 Å². The third kappa shape index (κ3) is 6.34. The van der Waals surface area contributed by atoms with Crippen molar-refractivity contribution in [2.75, 3.05) is 6.61 Å². The average Bonchev–Trinajstić information content (AvgIpc) is 3.24. The highest BCUT2D eigenvalue weighted by Gasteiger charge is 2.85. The van der Waals surface area contributed by atoms with Crippen LogP contribution in [0.3, 0.4) is 0 Å². The number of hydrogen-bond acceptors (Lipinski definition) is 13. The van der Waals surface area contributed by atoms with Crippen LogP contribution in [0.4, 0.5) is 0 Å². The summed E-state index contributed by atoms with van der Waals surface area (Å²) >= 11 is 0. The molecule has 1 aliphatic heterocycles. The van der Waals surface area contributed by atoms with Crippen molar-refractivity contribution in [1.29, 1.82) is 0 Å². The second-order valence-corrected chi connectivity index (χ2v) is 13.6. The maximum Gasteiger partial charge on any atom is 0.338 e. The van der Waals surface area contributed by atoms with Crippen LogP contribution in [-0.2, 0) is 52.3 Å². The fraction of sp³-hybridized carbons (Fsp3) is 0.514. The Bertz CT molecular complexity index is 1640. The molecule has 3 aliphatic rings. The quantitative estimate of drug-likeness (QED) is 0.273. The lowest BCUT2D eigenvalue weighted by molar-refractivity contribution is -0.328. The van der Waals surface area contributed by atoms with E-state index in [1.165, 1.54) is 38.1 Å². The van der Waals surface area contributed by atoms with Crippen LogP contribution in [0.25, 0.3) is 0 Å². The number of carbonyl (C=O) groups excluding carboxylic acids is 6. The topological polar surface area (TPSA) is 167 Å². The number of ether oxygens (including phenoxy) is 7. The zero-order valence-corrected chi connectivity index (χ0v) is 29.0. The van der Waals surface area contributed by atoms with Crippen molar-refractivity contribution in [3.63, 3.8) is 0 Å². The molecule has 2 saturated carbocycles. The Balaban J connectivity index is 1.85. The molecule has 0 radical (unpaired) electrons. The van der Waals surface area contributed by atoms with Crippen LogP contribution in [0.1, 0.15) is 75.6 Å². The van der Waals surface area contributed by atoms with Gasteiger partial charge in [-0.2, -0.15) is 0 Å². The summed E-state index contributed by atoms with van der Waals surface area (Å²) in [5, 5.41) is 0. The molecule has 13 heteroatoms. The van der Waals surface area contributed by atoms with Crippen molar-refractivity contribution in [2.24, 2.45) is 17.3 Å². The standard InChI is InChI=1S/C37H42O13/c1-20-18-27(45-22(3)39)30(49-34(43)26-16-12-9-13-17-26)36(19-44-21(2)38)32(47-24(5)41)29(48-33(42)25-14-10-8-11-15-25)28-31(46-23(4)40)37(20,36)50-35(28,6)7/h8-17,20,27-32H,18-19H2,1-7H3/t20-,27+,28-,29-,30+,31-,32-,36+,37-/m1/s1. The van der Waals surface area contributed by atoms with Gasteiger partial charge in [0, 0.05) is 27.7 Å². The Morgan fingerprint density at radius 3 is 1.66 bits per heavy atom. The van der Waals surface area contributed by atoms with E-state index >= 15 is 0 Å². The van der Waals surface area contributed by atoms with Crippen LogP contribution < -0.4 is 0 Å². The highest BCUT2D eigenvalue weighted by atomic mass is 16.6. The van der Waals surface area contributed by atoms with E-state index in [1.54, 1.807) is 57.2 Å². The molecule has 0 aromatic heterocycles. The van der Waals surface area contributed by atoms with Gasteiger partial charge >= 0.3 is 35.8 Å². The molecule has 3 fully saturated rings. The average molecular weight is 695 g/mol. The molecule has 0 amide bonds. The van der Waals surface area contributed by atoms with Gasteiger partial charge in [-0.3, -0.25) is 19.2 Å². The minimum Gasteiger partial charge on any atom is -0.465 e. The number of fused-ring (bicyclic) bond motifs is 1. The van der Waals surface area contributed by atoms with Crippen LogP contribution in [0, 0.1) is 17.3 Å². The van der Waals surface area contributed by atoms with Crippen LogP contribution in [0.5, 0.6) is 0 Å². The molecule has 1 spiro atoms. The molecule has 2 bridgehead atoms. The zero-order chi connectivity index (χ0) is 36.6. The molecule has 5 rings (SSSR count). The summed E-state index contributed by atoms with van der Waals surface area (Å²) in [6.45, 7) is 9.25. The number of esters is 6. The molecule has 0 N–H and O–H groups in total. The van der Waals surface area contributed by atoms with Gasteiger partial charge in [0.15, 0.2) is 12.2 Å². The highest BCUT2D eigenvalue weighted by Crippen LogP contribution is 2.68. The van der Waals surface area contributed by atoms with Gasteiger partial charge in [0.05, 0.1) is 22.6 Å². The predicted molar refractivity (Wildman–Crippen MR) is 172 cm³/mol. The first-order valence-corrected chi connectivity index (χ1v) is 16.4. The van der Waals surface area contributed by atoms with E-state index in [0.29, 0.717) is 0 Å². The van der Waals surface area contributed by atoms with Gasteiger partial charge in [-0.1, -0.05) is 43.3 Å². The zero-order valence-electron chi connectivity index (χ0n) is 29.0. The summed E-state index contributed by atoms with van der Waals surface area (Å²) in [7, 11) is 0. The van der Waals surface area contributed by atoms with E-state index in [0.717, 1.165) is 13.8 Å². The molecule has 1 heterocycles. The summed E-state index contributed by atoms with van der Waals surface area (Å²) in [5.74, 6) is -6.30. The van der Waals surface area contributed by atoms with Gasteiger partial charge in [0.1, 0.15) is 35.9 Å². The summed E-state index contributed by atoms with van der Waals surface area (Å²) in [4.78, 5) is 79.2. The predicted octanol–water partition coefficient (Wildman–Crippen LogP) is 4.00. The Hall–Kier alpha value is -4.78. The fourth-order valence-electron chi connectivity index (χ4n) is 8.38. The van der Waals surface area contributed by atoms with E-state index in [-0.39, 0.29) is 17.5 Å². The van der Waals surface area contributed by atoms with Gasteiger partial charge in [0.2, 0.25) is 0 Å². The maximum absolute atomic E-state index is 14.0. The molecule has 1 saturated heterocycles. The van der Waals surface area contributed by atoms with Gasteiger partial charge in [-0.25, -0.2) is 9.59 Å². The highest BCUT2D eigenvalue weighted by molar-refractivity contribution is 5.90. The third-order valence-corrected chi connectivity index (χ3v) is 9.95. The number of rotatable bonds is 9. The smallest absolute Gasteiger partial charge is 0.338 e. The van der Waals surface area contributed by atoms with Crippen molar-refractivity contribution in [1.82, 2.24) is 0 Å². The first-order chi connectivity index (χ1) is 23.5. The summed E-state index contributed by atoms with van der Waals surface area (Å²) in [6, 6.07) is 16.1. The Morgan fingerprint density at radius 2 is 1.16 bits per heavy atom. The summed E-state index contributed by atoms with van der Waals surface area (Å²) < 4.78 is 43.4. The van der Waals surface area contributed by atoms with Crippen LogP contribution in [0.15, 0.2) is 60.7 Å². The molecule has 50 heavy (non-hydrogen) atoms. The van der Waals surface area contributed by atoms with Gasteiger partial charge in [-0.15, -0.1) is 0 Å². The van der Waals surface area contributed by atoms with E-state index < -0.39 is 101 Å². The van der Waals surface area contributed by atoms with Crippen molar-refractivity contribution < 1.29 is 61.9 Å². The minimum absolute atomic E-state index is 0.0238. The van der Waals surface area contributed by atoms with Crippen LogP contribution >= 0.6 is 0 Å². The first kappa shape index (κ1) is 36.5. The molecule has 2 aliphatic carbocycles. The largest absolute Gasteiger partial charge is 0.465 e. The molecule has 0 unspecified atom stereocenters.